The van der Waals surface area contributed by atoms with Gasteiger partial charge in [-0.2, -0.15) is 0 Å². The first-order chi connectivity index (χ1) is 12.2. The Bertz CT molecular complexity index is 608. The van der Waals surface area contributed by atoms with E-state index in [9.17, 15) is 9.59 Å². The second-order valence-corrected chi connectivity index (χ2v) is 6.83. The highest BCUT2D eigenvalue weighted by Gasteiger charge is 2.32. The predicted octanol–water partition coefficient (Wildman–Crippen LogP) is 1.23. The van der Waals surface area contributed by atoms with Gasteiger partial charge < -0.3 is 15.0 Å². The molecular formula is C19H27N3O3. The number of rotatable bonds is 6. The number of ether oxygens (including phenoxy) is 1. The average molecular weight is 345 g/mol. The van der Waals surface area contributed by atoms with Crippen molar-refractivity contribution in [2.24, 2.45) is 5.92 Å². The second kappa shape index (κ2) is 8.45. The summed E-state index contributed by atoms with van der Waals surface area (Å²) in [6.07, 6.45) is 0.892. The van der Waals surface area contributed by atoms with Gasteiger partial charge in [0.15, 0.2) is 0 Å². The number of likely N-dealkylation sites (tertiary alicyclic amines) is 1. The summed E-state index contributed by atoms with van der Waals surface area (Å²) < 4.78 is 5.37. The van der Waals surface area contributed by atoms with E-state index in [1.54, 1.807) is 24.3 Å². The Morgan fingerprint density at radius 2 is 1.92 bits per heavy atom. The molecule has 2 amide bonds. The molecule has 136 valence electrons. The topological polar surface area (TPSA) is 61.9 Å². The predicted molar refractivity (Wildman–Crippen MR) is 95.7 cm³/mol. The van der Waals surface area contributed by atoms with Crippen LogP contribution in [0.1, 0.15) is 34.1 Å². The van der Waals surface area contributed by atoms with E-state index in [0.29, 0.717) is 23.6 Å². The molecule has 2 heterocycles. The molecule has 0 aromatic heterocycles. The van der Waals surface area contributed by atoms with Gasteiger partial charge >= 0.3 is 0 Å². The molecule has 2 aliphatic rings. The molecule has 1 aromatic rings. The highest BCUT2D eigenvalue weighted by molar-refractivity contribution is 5.99. The number of nitrogens with zero attached hydrogens (tertiary/aromatic N) is 2. The van der Waals surface area contributed by atoms with Gasteiger partial charge in [0.1, 0.15) is 0 Å². The Morgan fingerprint density at radius 1 is 1.20 bits per heavy atom. The summed E-state index contributed by atoms with van der Waals surface area (Å²) in [7, 11) is 0. The van der Waals surface area contributed by atoms with E-state index in [-0.39, 0.29) is 11.8 Å². The lowest BCUT2D eigenvalue weighted by Gasteiger charge is -2.42. The van der Waals surface area contributed by atoms with Crippen molar-refractivity contribution in [3.63, 3.8) is 0 Å². The molecule has 0 spiro atoms. The van der Waals surface area contributed by atoms with Crippen LogP contribution in [0.2, 0.25) is 0 Å². The Hall–Kier alpha value is -1.92. The third-order valence-electron chi connectivity index (χ3n) is 4.77. The maximum absolute atomic E-state index is 12.6. The molecular weight excluding hydrogens is 318 g/mol. The number of nitrogens with one attached hydrogen (secondary N) is 1. The first-order valence-electron chi connectivity index (χ1n) is 9.15. The van der Waals surface area contributed by atoms with Crippen molar-refractivity contribution in [1.29, 1.82) is 0 Å². The highest BCUT2D eigenvalue weighted by Crippen LogP contribution is 2.20. The lowest BCUT2D eigenvalue weighted by atomic mass is 9.97. The van der Waals surface area contributed by atoms with Gasteiger partial charge in [-0.3, -0.25) is 14.5 Å². The van der Waals surface area contributed by atoms with Crippen molar-refractivity contribution in [3.8, 4) is 0 Å². The van der Waals surface area contributed by atoms with E-state index < -0.39 is 0 Å². The summed E-state index contributed by atoms with van der Waals surface area (Å²) in [4.78, 5) is 28.9. The van der Waals surface area contributed by atoms with Crippen LogP contribution in [0.3, 0.4) is 0 Å². The molecule has 2 saturated heterocycles. The van der Waals surface area contributed by atoms with Crippen LogP contribution in [-0.4, -0.2) is 74.1 Å². The highest BCUT2D eigenvalue weighted by atomic mass is 16.5. The summed E-state index contributed by atoms with van der Waals surface area (Å²) in [5.74, 6) is 0.437. The number of hydrogen-bond acceptors (Lipinski definition) is 4. The second-order valence-electron chi connectivity index (χ2n) is 6.83. The fraction of sp³-hybridized carbons (Fsp3) is 0.579. The quantitative estimate of drug-likeness (QED) is 0.842. The molecule has 6 heteroatoms. The Balaban J connectivity index is 1.51. The van der Waals surface area contributed by atoms with Crippen LogP contribution in [0.15, 0.2) is 24.3 Å². The van der Waals surface area contributed by atoms with Crippen molar-refractivity contribution >= 4 is 11.8 Å². The van der Waals surface area contributed by atoms with Crippen molar-refractivity contribution in [2.75, 3.05) is 52.5 Å². The lowest BCUT2D eigenvalue weighted by Crippen LogP contribution is -2.54. The molecule has 0 aliphatic carbocycles. The number of benzene rings is 1. The number of amides is 2. The zero-order chi connectivity index (χ0) is 17.6. The number of morpholine rings is 1. The van der Waals surface area contributed by atoms with Crippen molar-refractivity contribution in [1.82, 2.24) is 15.1 Å². The lowest BCUT2D eigenvalue weighted by molar-refractivity contribution is 0.00715. The maximum atomic E-state index is 12.6. The third-order valence-corrected chi connectivity index (χ3v) is 4.77. The van der Waals surface area contributed by atoms with Crippen LogP contribution in [-0.2, 0) is 4.74 Å². The van der Waals surface area contributed by atoms with Crippen molar-refractivity contribution in [3.05, 3.63) is 35.4 Å². The molecule has 0 saturated carbocycles. The largest absolute Gasteiger partial charge is 0.379 e. The molecule has 1 N–H and O–H groups in total. The van der Waals surface area contributed by atoms with Gasteiger partial charge in [0.05, 0.1) is 13.2 Å². The van der Waals surface area contributed by atoms with Crippen LogP contribution < -0.4 is 5.32 Å². The monoisotopic (exact) mass is 345 g/mol. The minimum atomic E-state index is -0.120. The van der Waals surface area contributed by atoms with E-state index in [0.717, 1.165) is 52.4 Å². The summed E-state index contributed by atoms with van der Waals surface area (Å²) in [5, 5.41) is 2.84. The first kappa shape index (κ1) is 17.9. The Kier molecular flexibility index (Phi) is 6.04. The van der Waals surface area contributed by atoms with E-state index in [1.807, 2.05) is 11.8 Å². The SMILES string of the molecule is CCCNC(=O)c1cccc(C(=O)N2CC(CN3CCOCC3)C2)c1. The average Bonchev–Trinajstić information content (AvgIpc) is 2.62. The maximum Gasteiger partial charge on any atom is 0.253 e. The molecule has 0 radical (unpaired) electrons. The van der Waals surface area contributed by atoms with E-state index in [2.05, 4.69) is 10.2 Å². The molecule has 25 heavy (non-hydrogen) atoms. The number of hydrogen-bond donors (Lipinski definition) is 1. The van der Waals surface area contributed by atoms with Gasteiger partial charge in [-0.05, 0) is 24.6 Å². The minimum Gasteiger partial charge on any atom is -0.379 e. The number of carbonyl (C=O) groups excluding carboxylic acids is 2. The molecule has 3 rings (SSSR count). The molecule has 0 unspecified atom stereocenters. The van der Waals surface area contributed by atoms with Gasteiger partial charge in [-0.15, -0.1) is 0 Å². The van der Waals surface area contributed by atoms with E-state index in [4.69, 9.17) is 4.74 Å². The minimum absolute atomic E-state index is 0.0170. The van der Waals surface area contributed by atoms with Crippen LogP contribution >= 0.6 is 0 Å². The van der Waals surface area contributed by atoms with Gasteiger partial charge in [-0.1, -0.05) is 13.0 Å². The summed E-state index contributed by atoms with van der Waals surface area (Å²) in [5.41, 5.74) is 1.14. The Labute approximate surface area is 149 Å². The van der Waals surface area contributed by atoms with E-state index in [1.165, 1.54) is 0 Å². The van der Waals surface area contributed by atoms with Gasteiger partial charge in [0.2, 0.25) is 0 Å². The standard InChI is InChI=1S/C19H27N3O3/c1-2-6-20-18(23)16-4-3-5-17(11-16)19(24)22-13-15(14-22)12-21-7-9-25-10-8-21/h3-5,11,15H,2,6-10,12-14H2,1H3,(H,20,23). The normalized spacial score (nSPS) is 18.7. The van der Waals surface area contributed by atoms with Gasteiger partial charge in [0, 0.05) is 56.3 Å². The molecule has 2 aliphatic heterocycles. The van der Waals surface area contributed by atoms with Crippen molar-refractivity contribution in [2.45, 2.75) is 13.3 Å². The van der Waals surface area contributed by atoms with Gasteiger partial charge in [-0.25, -0.2) is 0 Å². The van der Waals surface area contributed by atoms with Gasteiger partial charge in [0.25, 0.3) is 11.8 Å². The molecule has 0 atom stereocenters. The van der Waals surface area contributed by atoms with Crippen LogP contribution in [0.5, 0.6) is 0 Å². The molecule has 0 bridgehead atoms. The molecule has 2 fully saturated rings. The molecule has 6 nitrogen and oxygen atoms in total. The fourth-order valence-electron chi connectivity index (χ4n) is 3.32. The summed E-state index contributed by atoms with van der Waals surface area (Å²) in [6, 6.07) is 7.01. The third kappa shape index (κ3) is 4.58. The van der Waals surface area contributed by atoms with Crippen LogP contribution in [0.25, 0.3) is 0 Å². The zero-order valence-electron chi connectivity index (χ0n) is 14.9. The summed E-state index contributed by atoms with van der Waals surface area (Å²) >= 11 is 0. The number of carbonyl (C=O) groups is 2. The van der Waals surface area contributed by atoms with E-state index >= 15 is 0 Å². The fourth-order valence-corrected chi connectivity index (χ4v) is 3.32. The van der Waals surface area contributed by atoms with Crippen LogP contribution in [0, 0.1) is 5.92 Å². The smallest absolute Gasteiger partial charge is 0.253 e. The Morgan fingerprint density at radius 3 is 2.64 bits per heavy atom. The molecule has 1 aromatic carbocycles. The first-order valence-corrected chi connectivity index (χ1v) is 9.15. The summed E-state index contributed by atoms with van der Waals surface area (Å²) in [6.45, 7) is 8.87. The van der Waals surface area contributed by atoms with Crippen LogP contribution in [0.4, 0.5) is 0 Å². The zero-order valence-corrected chi connectivity index (χ0v) is 14.9. The van der Waals surface area contributed by atoms with Crippen molar-refractivity contribution < 1.29 is 14.3 Å².